The molecule has 0 aromatic heterocycles. The van der Waals surface area contributed by atoms with Crippen molar-refractivity contribution in [3.8, 4) is 0 Å². The molecular formula is C17H11F3N2O4S. The van der Waals surface area contributed by atoms with E-state index in [-0.39, 0.29) is 12.0 Å². The van der Waals surface area contributed by atoms with Gasteiger partial charge in [0.2, 0.25) is 11.8 Å². The molecule has 0 saturated heterocycles. The van der Waals surface area contributed by atoms with Crippen LogP contribution in [0.4, 0.5) is 24.5 Å². The van der Waals surface area contributed by atoms with Crippen LogP contribution < -0.4 is 10.6 Å². The van der Waals surface area contributed by atoms with Gasteiger partial charge in [-0.25, -0.2) is 18.0 Å². The molecule has 0 bridgehead atoms. The van der Waals surface area contributed by atoms with Crippen molar-refractivity contribution in [2.75, 3.05) is 10.6 Å². The van der Waals surface area contributed by atoms with E-state index in [1.807, 2.05) is 0 Å². The van der Waals surface area contributed by atoms with Crippen LogP contribution in [0.3, 0.4) is 0 Å². The number of carbonyl (C=O) groups is 3. The largest absolute Gasteiger partial charge is 0.478 e. The van der Waals surface area contributed by atoms with Crippen molar-refractivity contribution in [1.29, 1.82) is 0 Å². The Morgan fingerprint density at radius 3 is 2.59 bits per heavy atom. The second kappa shape index (κ2) is 7.31. The number of aromatic carboxylic acids is 1. The molecule has 27 heavy (non-hydrogen) atoms. The fourth-order valence-corrected chi connectivity index (χ4v) is 3.55. The zero-order valence-corrected chi connectivity index (χ0v) is 14.2. The fraction of sp³-hybridized carbons (Fsp3) is 0.118. The Bertz CT molecular complexity index is 967. The maximum atomic E-state index is 13.6. The lowest BCUT2D eigenvalue weighted by Crippen LogP contribution is -2.32. The Morgan fingerprint density at radius 1 is 1.15 bits per heavy atom. The van der Waals surface area contributed by atoms with Crippen LogP contribution in [-0.2, 0) is 9.59 Å². The smallest absolute Gasteiger partial charge is 0.335 e. The summed E-state index contributed by atoms with van der Waals surface area (Å²) in [6.45, 7) is 0. The van der Waals surface area contributed by atoms with Crippen LogP contribution in [0.2, 0.25) is 0 Å². The second-order valence-corrected chi connectivity index (χ2v) is 6.83. The second-order valence-electron chi connectivity index (χ2n) is 5.59. The van der Waals surface area contributed by atoms with Crippen LogP contribution in [0.15, 0.2) is 35.2 Å². The van der Waals surface area contributed by atoms with Gasteiger partial charge in [-0.05, 0) is 30.3 Å². The first-order valence-electron chi connectivity index (χ1n) is 7.54. The average molecular weight is 396 g/mol. The molecule has 0 spiro atoms. The number of amides is 2. The highest BCUT2D eigenvalue weighted by Crippen LogP contribution is 2.37. The number of fused-ring (bicyclic) bond motifs is 1. The lowest BCUT2D eigenvalue weighted by atomic mass is 10.2. The van der Waals surface area contributed by atoms with Gasteiger partial charge in [-0.2, -0.15) is 0 Å². The van der Waals surface area contributed by atoms with Crippen molar-refractivity contribution in [3.63, 3.8) is 0 Å². The predicted octanol–water partition coefficient (Wildman–Crippen LogP) is 3.24. The van der Waals surface area contributed by atoms with Crippen LogP contribution in [0.25, 0.3) is 0 Å². The maximum Gasteiger partial charge on any atom is 0.335 e. The molecule has 140 valence electrons. The SMILES string of the molecule is O=C(CC1Sc2cc(C(=O)O)ccc2NC1=O)Nc1ccc(F)c(F)c1F. The fourth-order valence-electron chi connectivity index (χ4n) is 2.40. The highest BCUT2D eigenvalue weighted by Gasteiger charge is 2.30. The molecule has 0 saturated carbocycles. The zero-order chi connectivity index (χ0) is 19.7. The number of carboxylic acids is 1. The van der Waals surface area contributed by atoms with Gasteiger partial charge in [0.1, 0.15) is 0 Å². The first-order valence-corrected chi connectivity index (χ1v) is 8.42. The number of rotatable bonds is 4. The molecule has 1 atom stereocenters. The summed E-state index contributed by atoms with van der Waals surface area (Å²) in [5.74, 6) is -7.06. The molecule has 2 aromatic rings. The summed E-state index contributed by atoms with van der Waals surface area (Å²) in [7, 11) is 0. The molecule has 3 N–H and O–H groups in total. The summed E-state index contributed by atoms with van der Waals surface area (Å²) in [4.78, 5) is 35.7. The molecule has 2 amide bonds. The van der Waals surface area contributed by atoms with Crippen LogP contribution >= 0.6 is 11.8 Å². The number of carbonyl (C=O) groups excluding carboxylic acids is 2. The van der Waals surface area contributed by atoms with E-state index in [1.54, 1.807) is 0 Å². The van der Waals surface area contributed by atoms with Gasteiger partial charge in [-0.3, -0.25) is 9.59 Å². The quantitative estimate of drug-likeness (QED) is 0.690. The molecule has 10 heteroatoms. The minimum Gasteiger partial charge on any atom is -0.478 e. The molecule has 3 rings (SSSR count). The van der Waals surface area contributed by atoms with E-state index < -0.39 is 46.2 Å². The molecule has 1 heterocycles. The number of hydrogen-bond acceptors (Lipinski definition) is 4. The normalized spacial score (nSPS) is 15.7. The summed E-state index contributed by atoms with van der Waals surface area (Å²) in [5.41, 5.74) is -0.114. The van der Waals surface area contributed by atoms with Gasteiger partial charge >= 0.3 is 5.97 Å². The van der Waals surface area contributed by atoms with E-state index in [4.69, 9.17) is 5.11 Å². The van der Waals surface area contributed by atoms with Crippen molar-refractivity contribution < 1.29 is 32.7 Å². The van der Waals surface area contributed by atoms with Gasteiger partial charge in [0.15, 0.2) is 17.5 Å². The Hall–Kier alpha value is -3.01. The number of halogens is 3. The van der Waals surface area contributed by atoms with E-state index in [2.05, 4.69) is 10.6 Å². The highest BCUT2D eigenvalue weighted by molar-refractivity contribution is 8.01. The minimum atomic E-state index is -1.72. The Morgan fingerprint density at radius 2 is 1.89 bits per heavy atom. The third-order valence-electron chi connectivity index (χ3n) is 3.73. The van der Waals surface area contributed by atoms with Crippen LogP contribution in [0.1, 0.15) is 16.8 Å². The molecular weight excluding hydrogens is 385 g/mol. The van der Waals surface area contributed by atoms with Gasteiger partial charge in [-0.15, -0.1) is 11.8 Å². The molecule has 1 unspecified atom stereocenters. The van der Waals surface area contributed by atoms with Gasteiger partial charge < -0.3 is 15.7 Å². The van der Waals surface area contributed by atoms with Gasteiger partial charge in [0, 0.05) is 11.3 Å². The molecule has 1 aliphatic rings. The molecule has 0 aliphatic carbocycles. The minimum absolute atomic E-state index is 0.0180. The standard InChI is InChI=1S/C17H11F3N2O4S/c18-8-2-4-10(15(20)14(8)19)21-13(23)6-12-16(24)22-9-3-1-7(17(25)26)5-11(9)27-12/h1-5,12H,6H2,(H,21,23)(H,22,24)(H,25,26). The van der Waals surface area contributed by atoms with E-state index >= 15 is 0 Å². The van der Waals surface area contributed by atoms with Crippen molar-refractivity contribution >= 4 is 40.9 Å². The lowest BCUT2D eigenvalue weighted by Gasteiger charge is -2.24. The molecule has 1 aliphatic heterocycles. The number of hydrogen-bond donors (Lipinski definition) is 3. The summed E-state index contributed by atoms with van der Waals surface area (Å²) in [5, 5.41) is 12.8. The highest BCUT2D eigenvalue weighted by atomic mass is 32.2. The first-order chi connectivity index (χ1) is 12.8. The Kier molecular flexibility index (Phi) is 5.08. The maximum absolute atomic E-state index is 13.6. The summed E-state index contributed by atoms with van der Waals surface area (Å²) in [6, 6.07) is 5.67. The van der Waals surface area contributed by atoms with Crippen LogP contribution in [0.5, 0.6) is 0 Å². The van der Waals surface area contributed by atoms with Crippen molar-refractivity contribution in [2.24, 2.45) is 0 Å². The van der Waals surface area contributed by atoms with E-state index in [1.165, 1.54) is 18.2 Å². The number of thioether (sulfide) groups is 1. The number of anilines is 2. The van der Waals surface area contributed by atoms with E-state index in [0.717, 1.165) is 17.8 Å². The number of nitrogens with one attached hydrogen (secondary N) is 2. The van der Waals surface area contributed by atoms with Gasteiger partial charge in [-0.1, -0.05) is 0 Å². The molecule has 0 radical (unpaired) electrons. The third kappa shape index (κ3) is 3.90. The molecule has 0 fully saturated rings. The van der Waals surface area contributed by atoms with Gasteiger partial charge in [0.25, 0.3) is 0 Å². The first kappa shape index (κ1) is 18.8. The van der Waals surface area contributed by atoms with Crippen molar-refractivity contribution in [3.05, 3.63) is 53.3 Å². The number of benzene rings is 2. The zero-order valence-electron chi connectivity index (χ0n) is 13.4. The van der Waals surface area contributed by atoms with E-state index in [0.29, 0.717) is 16.6 Å². The van der Waals surface area contributed by atoms with E-state index in [9.17, 15) is 27.6 Å². The predicted molar refractivity (Wildman–Crippen MR) is 91.2 cm³/mol. The summed E-state index contributed by atoms with van der Waals surface area (Å²) < 4.78 is 39.8. The van der Waals surface area contributed by atoms with Crippen LogP contribution in [0, 0.1) is 17.5 Å². The molecule has 6 nitrogen and oxygen atoms in total. The van der Waals surface area contributed by atoms with Gasteiger partial charge in [0.05, 0.1) is 22.2 Å². The molecule has 2 aromatic carbocycles. The monoisotopic (exact) mass is 396 g/mol. The topological polar surface area (TPSA) is 95.5 Å². The van der Waals surface area contributed by atoms with Crippen molar-refractivity contribution in [2.45, 2.75) is 16.6 Å². The number of carboxylic acid groups (broad SMARTS) is 1. The average Bonchev–Trinajstić information content (AvgIpc) is 2.62. The summed E-state index contributed by atoms with van der Waals surface area (Å²) in [6.07, 6.45) is -0.383. The summed E-state index contributed by atoms with van der Waals surface area (Å²) >= 11 is 0.981. The van der Waals surface area contributed by atoms with Crippen LogP contribution in [-0.4, -0.2) is 28.1 Å². The Labute approximate surface area is 154 Å². The van der Waals surface area contributed by atoms with Crippen molar-refractivity contribution in [1.82, 2.24) is 0 Å². The third-order valence-corrected chi connectivity index (χ3v) is 4.99. The Balaban J connectivity index is 1.73. The lowest BCUT2D eigenvalue weighted by molar-refractivity contribution is -0.120.